The Hall–Kier alpha value is -1.88. The van der Waals surface area contributed by atoms with Crippen LogP contribution in [0.3, 0.4) is 0 Å². The molecule has 25 heavy (non-hydrogen) atoms. The zero-order valence-corrected chi connectivity index (χ0v) is 14.7. The Morgan fingerprint density at radius 3 is 2.36 bits per heavy atom. The van der Waals surface area contributed by atoms with Crippen LogP contribution in [-0.2, 0) is 9.59 Å². The summed E-state index contributed by atoms with van der Waals surface area (Å²) < 4.78 is 0. The Bertz CT molecular complexity index is 576. The first kappa shape index (κ1) is 17.9. The van der Waals surface area contributed by atoms with E-state index in [1.807, 2.05) is 35.2 Å². The molecule has 2 fully saturated rings. The van der Waals surface area contributed by atoms with Crippen LogP contribution in [0, 0.1) is 11.8 Å². The van der Waals surface area contributed by atoms with Gasteiger partial charge in [0.2, 0.25) is 11.8 Å². The number of carbonyl (C=O) groups is 2. The first-order valence-electron chi connectivity index (χ1n) is 9.43. The Kier molecular flexibility index (Phi) is 6.08. The van der Waals surface area contributed by atoms with Crippen molar-refractivity contribution in [3.8, 4) is 0 Å². The minimum atomic E-state index is -0.472. The minimum Gasteiger partial charge on any atom is -0.388 e. The molecule has 1 unspecified atom stereocenters. The summed E-state index contributed by atoms with van der Waals surface area (Å²) >= 11 is 0. The van der Waals surface area contributed by atoms with E-state index in [9.17, 15) is 14.7 Å². The van der Waals surface area contributed by atoms with Crippen molar-refractivity contribution < 1.29 is 14.7 Å². The number of benzene rings is 1. The molecule has 3 rings (SSSR count). The van der Waals surface area contributed by atoms with E-state index in [2.05, 4.69) is 5.32 Å². The molecule has 1 aromatic rings. The van der Waals surface area contributed by atoms with Crippen molar-refractivity contribution >= 4 is 11.8 Å². The number of amides is 2. The molecule has 0 radical (unpaired) electrons. The summed E-state index contributed by atoms with van der Waals surface area (Å²) in [6, 6.07) is 9.70. The molecule has 1 heterocycles. The Morgan fingerprint density at radius 2 is 1.72 bits per heavy atom. The van der Waals surface area contributed by atoms with Gasteiger partial charge in [-0.3, -0.25) is 9.59 Å². The van der Waals surface area contributed by atoms with E-state index in [0.717, 1.165) is 44.1 Å². The summed E-state index contributed by atoms with van der Waals surface area (Å²) in [6.45, 7) is 1.39. The Morgan fingerprint density at radius 1 is 1.08 bits per heavy atom. The van der Waals surface area contributed by atoms with Crippen LogP contribution in [0.15, 0.2) is 30.3 Å². The highest BCUT2D eigenvalue weighted by molar-refractivity contribution is 5.86. The molecule has 0 spiro atoms. The number of nitrogens with one attached hydrogen (secondary N) is 1. The molecule has 2 N–H and O–H groups in total. The van der Waals surface area contributed by atoms with Gasteiger partial charge in [-0.15, -0.1) is 0 Å². The van der Waals surface area contributed by atoms with Gasteiger partial charge in [-0.2, -0.15) is 0 Å². The fourth-order valence-electron chi connectivity index (χ4n) is 3.99. The zero-order chi connectivity index (χ0) is 17.6. The van der Waals surface area contributed by atoms with Gasteiger partial charge in [-0.1, -0.05) is 43.2 Å². The third kappa shape index (κ3) is 4.60. The van der Waals surface area contributed by atoms with Gasteiger partial charge in [0.25, 0.3) is 0 Å². The predicted molar refractivity (Wildman–Crippen MR) is 95.7 cm³/mol. The van der Waals surface area contributed by atoms with E-state index in [1.54, 1.807) is 0 Å². The molecule has 1 saturated heterocycles. The number of nitrogens with zero attached hydrogens (tertiary/aromatic N) is 1. The highest BCUT2D eigenvalue weighted by atomic mass is 16.3. The Labute approximate surface area is 149 Å². The average molecular weight is 344 g/mol. The monoisotopic (exact) mass is 344 g/mol. The molecule has 5 heteroatoms. The summed E-state index contributed by atoms with van der Waals surface area (Å²) in [4.78, 5) is 26.1. The minimum absolute atomic E-state index is 0.0148. The van der Waals surface area contributed by atoms with Gasteiger partial charge >= 0.3 is 0 Å². The molecule has 1 saturated carbocycles. The normalized spacial score (nSPS) is 20.4. The van der Waals surface area contributed by atoms with Crippen LogP contribution in [0.2, 0.25) is 0 Å². The Balaban J connectivity index is 1.42. The van der Waals surface area contributed by atoms with Crippen molar-refractivity contribution in [2.24, 2.45) is 11.8 Å². The standard InChI is InChI=1S/C20H28N2O3/c23-18(14-21-20(25)17-8-4-5-9-17)22-12-10-16(11-13-22)19(24)15-6-2-1-3-7-15/h1-3,6-7,16-17,19,24H,4-5,8-14H2,(H,21,25). The lowest BCUT2D eigenvalue weighted by Gasteiger charge is -2.34. The van der Waals surface area contributed by atoms with Crippen molar-refractivity contribution in [3.63, 3.8) is 0 Å². The van der Waals surface area contributed by atoms with E-state index in [4.69, 9.17) is 0 Å². The fourth-order valence-corrected chi connectivity index (χ4v) is 3.99. The SMILES string of the molecule is O=C(NCC(=O)N1CCC(C(O)c2ccccc2)CC1)C1CCCC1. The van der Waals surface area contributed by atoms with Crippen LogP contribution in [0.4, 0.5) is 0 Å². The third-order valence-electron chi connectivity index (χ3n) is 5.62. The van der Waals surface area contributed by atoms with Crippen molar-refractivity contribution in [2.75, 3.05) is 19.6 Å². The first-order chi connectivity index (χ1) is 12.1. The van der Waals surface area contributed by atoms with Crippen LogP contribution in [0.25, 0.3) is 0 Å². The van der Waals surface area contributed by atoms with Crippen molar-refractivity contribution in [3.05, 3.63) is 35.9 Å². The van der Waals surface area contributed by atoms with Crippen LogP contribution in [-0.4, -0.2) is 41.5 Å². The number of hydrogen-bond donors (Lipinski definition) is 2. The average Bonchev–Trinajstić information content (AvgIpc) is 3.21. The molecule has 2 amide bonds. The number of carbonyl (C=O) groups excluding carboxylic acids is 2. The second kappa shape index (κ2) is 8.48. The van der Waals surface area contributed by atoms with E-state index in [0.29, 0.717) is 13.1 Å². The second-order valence-electron chi connectivity index (χ2n) is 7.27. The van der Waals surface area contributed by atoms with Gasteiger partial charge in [0.15, 0.2) is 0 Å². The van der Waals surface area contributed by atoms with Gasteiger partial charge in [-0.25, -0.2) is 0 Å². The number of likely N-dealkylation sites (tertiary alicyclic amines) is 1. The summed E-state index contributed by atoms with van der Waals surface area (Å²) in [6.07, 6.45) is 5.23. The number of aliphatic hydroxyl groups excluding tert-OH is 1. The lowest BCUT2D eigenvalue weighted by atomic mass is 9.87. The topological polar surface area (TPSA) is 69.6 Å². The molecule has 1 aromatic carbocycles. The van der Waals surface area contributed by atoms with Crippen molar-refractivity contribution in [2.45, 2.75) is 44.6 Å². The summed E-state index contributed by atoms with van der Waals surface area (Å²) in [5.41, 5.74) is 0.941. The maximum atomic E-state index is 12.3. The van der Waals surface area contributed by atoms with Crippen LogP contribution in [0.1, 0.15) is 50.2 Å². The van der Waals surface area contributed by atoms with Gasteiger partial charge in [0.1, 0.15) is 0 Å². The number of aliphatic hydroxyl groups is 1. The third-order valence-corrected chi connectivity index (χ3v) is 5.62. The van der Waals surface area contributed by atoms with E-state index >= 15 is 0 Å². The maximum Gasteiger partial charge on any atom is 0.241 e. The highest BCUT2D eigenvalue weighted by Gasteiger charge is 2.29. The summed E-state index contributed by atoms with van der Waals surface area (Å²) in [7, 11) is 0. The van der Waals surface area contributed by atoms with Crippen molar-refractivity contribution in [1.29, 1.82) is 0 Å². The molecular weight excluding hydrogens is 316 g/mol. The lowest BCUT2D eigenvalue weighted by molar-refractivity contribution is -0.135. The fraction of sp³-hybridized carbons (Fsp3) is 0.600. The molecule has 5 nitrogen and oxygen atoms in total. The van der Waals surface area contributed by atoms with Crippen LogP contribution >= 0.6 is 0 Å². The smallest absolute Gasteiger partial charge is 0.241 e. The van der Waals surface area contributed by atoms with Gasteiger partial charge in [0.05, 0.1) is 12.6 Å². The molecule has 0 aromatic heterocycles. The molecule has 1 aliphatic heterocycles. The summed E-state index contributed by atoms with van der Waals surface area (Å²) in [5.74, 6) is 0.290. The molecule has 1 aliphatic carbocycles. The number of piperidine rings is 1. The largest absolute Gasteiger partial charge is 0.388 e. The van der Waals surface area contributed by atoms with E-state index in [1.165, 1.54) is 0 Å². The molecule has 2 aliphatic rings. The zero-order valence-electron chi connectivity index (χ0n) is 14.7. The number of rotatable bonds is 5. The van der Waals surface area contributed by atoms with E-state index < -0.39 is 6.10 Å². The van der Waals surface area contributed by atoms with E-state index in [-0.39, 0.29) is 30.2 Å². The first-order valence-corrected chi connectivity index (χ1v) is 9.43. The predicted octanol–water partition coefficient (Wildman–Crippen LogP) is 2.26. The number of hydrogen-bond acceptors (Lipinski definition) is 3. The second-order valence-corrected chi connectivity index (χ2v) is 7.27. The highest BCUT2D eigenvalue weighted by Crippen LogP contribution is 2.30. The quantitative estimate of drug-likeness (QED) is 0.861. The van der Waals surface area contributed by atoms with Crippen LogP contribution in [0.5, 0.6) is 0 Å². The van der Waals surface area contributed by atoms with Gasteiger partial charge in [-0.05, 0) is 37.2 Å². The molecular formula is C20H28N2O3. The van der Waals surface area contributed by atoms with Gasteiger partial charge in [0, 0.05) is 19.0 Å². The van der Waals surface area contributed by atoms with Gasteiger partial charge < -0.3 is 15.3 Å². The molecule has 0 bridgehead atoms. The summed E-state index contributed by atoms with van der Waals surface area (Å²) in [5, 5.41) is 13.3. The molecule has 1 atom stereocenters. The lowest BCUT2D eigenvalue weighted by Crippen LogP contribution is -2.45. The van der Waals surface area contributed by atoms with Crippen LogP contribution < -0.4 is 5.32 Å². The van der Waals surface area contributed by atoms with Crippen molar-refractivity contribution in [1.82, 2.24) is 10.2 Å². The maximum absolute atomic E-state index is 12.3. The molecule has 136 valence electrons.